The van der Waals surface area contributed by atoms with Crippen molar-refractivity contribution in [2.75, 3.05) is 0 Å². The van der Waals surface area contributed by atoms with E-state index in [1.807, 2.05) is 19.1 Å². The summed E-state index contributed by atoms with van der Waals surface area (Å²) in [6.07, 6.45) is 3.44. The molecule has 2 rings (SSSR count). The highest BCUT2D eigenvalue weighted by atomic mass is 32.2. The molecule has 4 nitrogen and oxygen atoms in total. The lowest BCUT2D eigenvalue weighted by atomic mass is 10.3. The fourth-order valence-corrected chi connectivity index (χ4v) is 2.30. The van der Waals surface area contributed by atoms with Gasteiger partial charge in [-0.05, 0) is 31.2 Å². The van der Waals surface area contributed by atoms with Gasteiger partial charge in [-0.25, -0.2) is 4.79 Å². The average Bonchev–Trinajstić information content (AvgIpc) is 2.79. The number of thioether (sulfide) groups is 1. The SMILES string of the molecule is CC(Sc1ccncc1)c1ccc(C(=O)O)o1. The summed E-state index contributed by atoms with van der Waals surface area (Å²) in [5.41, 5.74) is 0. The minimum absolute atomic E-state index is 0.0258. The summed E-state index contributed by atoms with van der Waals surface area (Å²) in [7, 11) is 0. The molecule has 0 aliphatic rings. The number of carbonyl (C=O) groups is 1. The van der Waals surface area contributed by atoms with Gasteiger partial charge >= 0.3 is 5.97 Å². The van der Waals surface area contributed by atoms with E-state index in [0.29, 0.717) is 5.76 Å². The Bertz CT molecular complexity index is 509. The first-order chi connectivity index (χ1) is 8.16. The maximum absolute atomic E-state index is 10.7. The second-order valence-corrected chi connectivity index (χ2v) is 4.86. The molecule has 0 radical (unpaired) electrons. The third-order valence-corrected chi connectivity index (χ3v) is 3.33. The van der Waals surface area contributed by atoms with Gasteiger partial charge in [0.2, 0.25) is 5.76 Å². The zero-order valence-electron chi connectivity index (χ0n) is 9.16. The van der Waals surface area contributed by atoms with Crippen LogP contribution >= 0.6 is 11.8 Å². The highest BCUT2D eigenvalue weighted by Crippen LogP contribution is 2.35. The molecule has 1 N–H and O–H groups in total. The number of furan rings is 1. The summed E-state index contributed by atoms with van der Waals surface area (Å²) in [6.45, 7) is 1.97. The van der Waals surface area contributed by atoms with Crippen LogP contribution in [0, 0.1) is 0 Å². The highest BCUT2D eigenvalue weighted by molar-refractivity contribution is 7.99. The molecule has 0 bridgehead atoms. The number of hydrogen-bond acceptors (Lipinski definition) is 4. The summed E-state index contributed by atoms with van der Waals surface area (Å²) in [6, 6.07) is 6.98. The van der Waals surface area contributed by atoms with Crippen molar-refractivity contribution in [3.05, 3.63) is 48.2 Å². The van der Waals surface area contributed by atoms with E-state index in [2.05, 4.69) is 4.98 Å². The number of aromatic carboxylic acids is 1. The Hall–Kier alpha value is -1.75. The third kappa shape index (κ3) is 2.88. The molecule has 1 atom stereocenters. The van der Waals surface area contributed by atoms with E-state index >= 15 is 0 Å². The first-order valence-corrected chi connectivity index (χ1v) is 5.94. The van der Waals surface area contributed by atoms with Crippen LogP contribution in [0.3, 0.4) is 0 Å². The molecule has 5 heteroatoms. The Morgan fingerprint density at radius 3 is 2.65 bits per heavy atom. The van der Waals surface area contributed by atoms with E-state index in [1.165, 1.54) is 6.07 Å². The van der Waals surface area contributed by atoms with Gasteiger partial charge in [0.15, 0.2) is 0 Å². The topological polar surface area (TPSA) is 63.3 Å². The molecule has 0 saturated carbocycles. The summed E-state index contributed by atoms with van der Waals surface area (Å²) < 4.78 is 5.24. The van der Waals surface area contributed by atoms with Crippen molar-refractivity contribution in [1.29, 1.82) is 0 Å². The number of pyridine rings is 1. The predicted molar refractivity (Wildman–Crippen MR) is 64.2 cm³/mol. The lowest BCUT2D eigenvalue weighted by Gasteiger charge is -2.07. The van der Waals surface area contributed by atoms with E-state index in [1.54, 1.807) is 30.2 Å². The quantitative estimate of drug-likeness (QED) is 0.843. The molecule has 1 unspecified atom stereocenters. The van der Waals surface area contributed by atoms with Gasteiger partial charge in [0.05, 0.1) is 5.25 Å². The van der Waals surface area contributed by atoms with Crippen LogP contribution in [-0.2, 0) is 0 Å². The average molecular weight is 249 g/mol. The summed E-state index contributed by atoms with van der Waals surface area (Å²) >= 11 is 1.60. The molecular formula is C12H11NO3S. The molecule has 0 aromatic carbocycles. The number of carboxylic acids is 1. The van der Waals surface area contributed by atoms with Gasteiger partial charge in [-0.2, -0.15) is 0 Å². The van der Waals surface area contributed by atoms with Crippen LogP contribution < -0.4 is 0 Å². The fraction of sp³-hybridized carbons (Fsp3) is 0.167. The standard InChI is InChI=1S/C12H11NO3S/c1-8(17-9-4-6-13-7-5-9)10-2-3-11(16-10)12(14)15/h2-8H,1H3,(H,14,15). The van der Waals surface area contributed by atoms with Gasteiger partial charge in [0.1, 0.15) is 5.76 Å². The number of carboxylic acid groups (broad SMARTS) is 1. The Morgan fingerprint density at radius 2 is 2.06 bits per heavy atom. The molecule has 2 aromatic heterocycles. The Kier molecular flexibility index (Phi) is 3.49. The van der Waals surface area contributed by atoms with Crippen molar-refractivity contribution in [3.63, 3.8) is 0 Å². The second kappa shape index (κ2) is 5.05. The van der Waals surface area contributed by atoms with E-state index in [9.17, 15) is 4.79 Å². The van der Waals surface area contributed by atoms with Crippen LogP contribution in [0.1, 0.15) is 28.5 Å². The van der Waals surface area contributed by atoms with Crippen LogP contribution in [-0.4, -0.2) is 16.1 Å². The summed E-state index contributed by atoms with van der Waals surface area (Å²) in [5, 5.41) is 8.82. The number of nitrogens with zero attached hydrogens (tertiary/aromatic N) is 1. The fourth-order valence-electron chi connectivity index (χ4n) is 1.37. The van der Waals surface area contributed by atoms with Crippen LogP contribution in [0.15, 0.2) is 46.0 Å². The van der Waals surface area contributed by atoms with Crippen molar-refractivity contribution in [1.82, 2.24) is 4.98 Å². The first-order valence-electron chi connectivity index (χ1n) is 5.06. The van der Waals surface area contributed by atoms with Gasteiger partial charge in [0.25, 0.3) is 0 Å². The maximum Gasteiger partial charge on any atom is 0.371 e. The minimum atomic E-state index is -1.04. The third-order valence-electron chi connectivity index (χ3n) is 2.20. The molecule has 0 spiro atoms. The number of rotatable bonds is 4. The van der Waals surface area contributed by atoms with Crippen molar-refractivity contribution in [2.45, 2.75) is 17.1 Å². The van der Waals surface area contributed by atoms with Crippen molar-refractivity contribution < 1.29 is 14.3 Å². The first kappa shape index (κ1) is 11.7. The smallest absolute Gasteiger partial charge is 0.371 e. The normalized spacial score (nSPS) is 12.3. The summed E-state index contributed by atoms with van der Waals surface area (Å²) in [4.78, 5) is 15.7. The second-order valence-electron chi connectivity index (χ2n) is 3.45. The van der Waals surface area contributed by atoms with Crippen LogP contribution in [0.2, 0.25) is 0 Å². The highest BCUT2D eigenvalue weighted by Gasteiger charge is 2.14. The Morgan fingerprint density at radius 1 is 1.35 bits per heavy atom. The van der Waals surface area contributed by atoms with Crippen LogP contribution in [0.25, 0.3) is 0 Å². The molecule has 0 amide bonds. The zero-order chi connectivity index (χ0) is 12.3. The molecule has 0 aliphatic carbocycles. The molecule has 2 aromatic rings. The molecule has 0 fully saturated rings. The predicted octanol–water partition coefficient (Wildman–Crippen LogP) is 3.23. The largest absolute Gasteiger partial charge is 0.475 e. The molecule has 2 heterocycles. The Labute approximate surface area is 103 Å². The van der Waals surface area contributed by atoms with Crippen molar-refractivity contribution in [3.8, 4) is 0 Å². The van der Waals surface area contributed by atoms with Gasteiger partial charge in [-0.1, -0.05) is 0 Å². The van der Waals surface area contributed by atoms with Crippen molar-refractivity contribution >= 4 is 17.7 Å². The van der Waals surface area contributed by atoms with Crippen LogP contribution in [0.4, 0.5) is 0 Å². The molecule has 0 saturated heterocycles. The number of hydrogen-bond donors (Lipinski definition) is 1. The summed E-state index contributed by atoms with van der Waals surface area (Å²) in [5.74, 6) is -0.413. The van der Waals surface area contributed by atoms with Gasteiger partial charge in [-0.3, -0.25) is 4.98 Å². The lowest BCUT2D eigenvalue weighted by Crippen LogP contribution is -1.92. The van der Waals surface area contributed by atoms with E-state index in [-0.39, 0.29) is 11.0 Å². The molecule has 17 heavy (non-hydrogen) atoms. The van der Waals surface area contributed by atoms with Gasteiger partial charge in [0, 0.05) is 17.3 Å². The van der Waals surface area contributed by atoms with E-state index in [4.69, 9.17) is 9.52 Å². The zero-order valence-corrected chi connectivity index (χ0v) is 9.98. The lowest BCUT2D eigenvalue weighted by molar-refractivity contribution is 0.0660. The minimum Gasteiger partial charge on any atom is -0.475 e. The van der Waals surface area contributed by atoms with Crippen LogP contribution in [0.5, 0.6) is 0 Å². The Balaban J connectivity index is 2.09. The molecular weight excluding hydrogens is 238 g/mol. The number of aromatic nitrogens is 1. The van der Waals surface area contributed by atoms with Gasteiger partial charge in [-0.15, -0.1) is 11.8 Å². The van der Waals surface area contributed by atoms with Gasteiger partial charge < -0.3 is 9.52 Å². The monoisotopic (exact) mass is 249 g/mol. The van der Waals surface area contributed by atoms with E-state index in [0.717, 1.165) is 4.90 Å². The maximum atomic E-state index is 10.7. The molecule has 0 aliphatic heterocycles. The molecule has 88 valence electrons. The van der Waals surface area contributed by atoms with E-state index < -0.39 is 5.97 Å². The van der Waals surface area contributed by atoms with Crippen molar-refractivity contribution in [2.24, 2.45) is 0 Å².